The molecule has 0 radical (unpaired) electrons. The summed E-state index contributed by atoms with van der Waals surface area (Å²) in [6, 6.07) is 9.37. The third-order valence-electron chi connectivity index (χ3n) is 4.78. The second-order valence-corrected chi connectivity index (χ2v) is 6.27. The molecule has 1 aliphatic heterocycles. The topological polar surface area (TPSA) is 119 Å². The molecule has 3 aromatic rings. The Labute approximate surface area is 154 Å². The van der Waals surface area contributed by atoms with Crippen LogP contribution in [0, 0.1) is 0 Å². The Hall–Kier alpha value is -3.56. The van der Waals surface area contributed by atoms with Gasteiger partial charge in [0.1, 0.15) is 18.1 Å². The molecule has 1 unspecified atom stereocenters. The number of ether oxygens (including phenoxy) is 1. The van der Waals surface area contributed by atoms with Crippen LogP contribution in [0.25, 0.3) is 5.95 Å². The van der Waals surface area contributed by atoms with Crippen molar-refractivity contribution >= 4 is 11.9 Å². The minimum absolute atomic E-state index is 0.0902. The summed E-state index contributed by atoms with van der Waals surface area (Å²) in [6.45, 7) is 0.622. The standard InChI is InChI=1S/C17H17N7O3/c1-27-15(26)17(12-5-3-2-4-6-12)7-8-23(9-17)14(25)13-20-16(22-21-13)24-10-18-19-11-24/h2-6,10-11H,7-9H2,1H3,(H,20,21,22). The Morgan fingerprint density at radius 3 is 2.63 bits per heavy atom. The van der Waals surface area contributed by atoms with Gasteiger partial charge in [-0.1, -0.05) is 30.3 Å². The maximum absolute atomic E-state index is 12.9. The molecule has 0 saturated carbocycles. The van der Waals surface area contributed by atoms with Crippen LogP contribution in [0.4, 0.5) is 0 Å². The molecule has 0 spiro atoms. The number of esters is 1. The fourth-order valence-corrected chi connectivity index (χ4v) is 3.37. The third kappa shape index (κ3) is 2.84. The molecule has 1 atom stereocenters. The number of hydrogen-bond donors (Lipinski definition) is 1. The Bertz CT molecular complexity index is 954. The second-order valence-electron chi connectivity index (χ2n) is 6.27. The van der Waals surface area contributed by atoms with Gasteiger partial charge in [0.25, 0.3) is 11.9 Å². The maximum atomic E-state index is 12.9. The molecule has 4 rings (SSSR count). The van der Waals surface area contributed by atoms with Crippen LogP contribution in [0.1, 0.15) is 22.6 Å². The van der Waals surface area contributed by atoms with Crippen molar-refractivity contribution in [2.75, 3.05) is 20.2 Å². The van der Waals surface area contributed by atoms with Crippen LogP contribution in [-0.4, -0.2) is 66.9 Å². The molecule has 0 bridgehead atoms. The number of carbonyl (C=O) groups excluding carboxylic acids is 2. The fourth-order valence-electron chi connectivity index (χ4n) is 3.37. The molecular formula is C17H17N7O3. The molecule has 1 amide bonds. The van der Waals surface area contributed by atoms with E-state index in [1.165, 1.54) is 24.3 Å². The van der Waals surface area contributed by atoms with Gasteiger partial charge in [-0.3, -0.25) is 19.3 Å². The fraction of sp³-hybridized carbons (Fsp3) is 0.294. The van der Waals surface area contributed by atoms with Crippen molar-refractivity contribution in [3.63, 3.8) is 0 Å². The zero-order valence-corrected chi connectivity index (χ0v) is 14.6. The lowest BCUT2D eigenvalue weighted by Gasteiger charge is -2.26. The molecule has 138 valence electrons. The van der Waals surface area contributed by atoms with Gasteiger partial charge in [0.15, 0.2) is 0 Å². The van der Waals surface area contributed by atoms with Crippen LogP contribution >= 0.6 is 0 Å². The highest BCUT2D eigenvalue weighted by atomic mass is 16.5. The summed E-state index contributed by atoms with van der Waals surface area (Å²) in [4.78, 5) is 31.2. The van der Waals surface area contributed by atoms with Gasteiger partial charge in [0.2, 0.25) is 5.82 Å². The van der Waals surface area contributed by atoms with Gasteiger partial charge in [-0.2, -0.15) is 4.98 Å². The van der Waals surface area contributed by atoms with E-state index in [0.29, 0.717) is 13.0 Å². The van der Waals surface area contributed by atoms with E-state index in [1.807, 2.05) is 30.3 Å². The van der Waals surface area contributed by atoms with Crippen LogP contribution in [-0.2, 0) is 14.9 Å². The van der Waals surface area contributed by atoms with Crippen LogP contribution in [0.2, 0.25) is 0 Å². The van der Waals surface area contributed by atoms with E-state index in [0.717, 1.165) is 5.56 Å². The molecule has 1 aromatic carbocycles. The average molecular weight is 367 g/mol. The lowest BCUT2D eigenvalue weighted by atomic mass is 9.79. The molecule has 1 fully saturated rings. The van der Waals surface area contributed by atoms with Crippen LogP contribution < -0.4 is 0 Å². The molecule has 10 heteroatoms. The van der Waals surface area contributed by atoms with Crippen molar-refractivity contribution in [3.05, 3.63) is 54.4 Å². The molecule has 10 nitrogen and oxygen atoms in total. The molecule has 1 saturated heterocycles. The van der Waals surface area contributed by atoms with Gasteiger partial charge in [0, 0.05) is 13.1 Å². The van der Waals surface area contributed by atoms with Crippen molar-refractivity contribution in [1.29, 1.82) is 0 Å². The average Bonchev–Trinajstić information content (AvgIpc) is 3.47. The Morgan fingerprint density at radius 2 is 1.93 bits per heavy atom. The Kier molecular flexibility index (Phi) is 4.15. The number of aromatic nitrogens is 6. The number of H-pyrrole nitrogens is 1. The summed E-state index contributed by atoms with van der Waals surface area (Å²) >= 11 is 0. The summed E-state index contributed by atoms with van der Waals surface area (Å²) < 4.78 is 6.53. The summed E-state index contributed by atoms with van der Waals surface area (Å²) in [5.74, 6) is -0.326. The van der Waals surface area contributed by atoms with Crippen LogP contribution in [0.5, 0.6) is 0 Å². The Balaban J connectivity index is 1.59. The lowest BCUT2D eigenvalue weighted by Crippen LogP contribution is -2.41. The smallest absolute Gasteiger partial charge is 0.318 e. The largest absolute Gasteiger partial charge is 0.468 e. The zero-order valence-electron chi connectivity index (χ0n) is 14.6. The highest BCUT2D eigenvalue weighted by Crippen LogP contribution is 2.36. The minimum Gasteiger partial charge on any atom is -0.468 e. The summed E-state index contributed by atoms with van der Waals surface area (Å²) in [6.07, 6.45) is 3.35. The Morgan fingerprint density at radius 1 is 1.19 bits per heavy atom. The van der Waals surface area contributed by atoms with Crippen molar-refractivity contribution in [2.24, 2.45) is 0 Å². The van der Waals surface area contributed by atoms with Gasteiger partial charge < -0.3 is 9.64 Å². The highest BCUT2D eigenvalue weighted by molar-refractivity contribution is 5.93. The highest BCUT2D eigenvalue weighted by Gasteiger charge is 2.48. The van der Waals surface area contributed by atoms with E-state index in [1.54, 1.807) is 4.90 Å². The number of amides is 1. The first-order valence-corrected chi connectivity index (χ1v) is 8.35. The van der Waals surface area contributed by atoms with Gasteiger partial charge >= 0.3 is 5.97 Å². The molecule has 27 heavy (non-hydrogen) atoms. The number of likely N-dealkylation sites (tertiary alicyclic amines) is 1. The van der Waals surface area contributed by atoms with Crippen molar-refractivity contribution in [1.82, 2.24) is 34.8 Å². The molecule has 0 aliphatic carbocycles. The number of hydrogen-bond acceptors (Lipinski definition) is 7. The van der Waals surface area contributed by atoms with Crippen molar-refractivity contribution in [3.8, 4) is 5.95 Å². The number of benzene rings is 1. The first-order chi connectivity index (χ1) is 13.1. The second kappa shape index (κ2) is 6.63. The summed E-state index contributed by atoms with van der Waals surface area (Å²) in [7, 11) is 1.36. The van der Waals surface area contributed by atoms with E-state index >= 15 is 0 Å². The van der Waals surface area contributed by atoms with Gasteiger partial charge in [-0.25, -0.2) is 0 Å². The normalized spacial score (nSPS) is 19.2. The predicted molar refractivity (Wildman–Crippen MR) is 92.0 cm³/mol. The predicted octanol–water partition coefficient (Wildman–Crippen LogP) is 0.342. The summed E-state index contributed by atoms with van der Waals surface area (Å²) in [5, 5.41) is 14.0. The van der Waals surface area contributed by atoms with Gasteiger partial charge in [-0.15, -0.1) is 15.3 Å². The van der Waals surface area contributed by atoms with Crippen molar-refractivity contribution < 1.29 is 14.3 Å². The number of nitrogens with zero attached hydrogens (tertiary/aromatic N) is 6. The molecule has 1 aliphatic rings. The zero-order chi connectivity index (χ0) is 18.9. The van der Waals surface area contributed by atoms with E-state index in [-0.39, 0.29) is 30.2 Å². The molecule has 1 N–H and O–H groups in total. The van der Waals surface area contributed by atoms with E-state index in [4.69, 9.17) is 4.74 Å². The maximum Gasteiger partial charge on any atom is 0.318 e. The lowest BCUT2D eigenvalue weighted by molar-refractivity contribution is -0.147. The van der Waals surface area contributed by atoms with Gasteiger partial charge in [-0.05, 0) is 12.0 Å². The number of rotatable bonds is 4. The molecular weight excluding hydrogens is 350 g/mol. The van der Waals surface area contributed by atoms with E-state index < -0.39 is 5.41 Å². The number of aromatic amines is 1. The third-order valence-corrected chi connectivity index (χ3v) is 4.78. The number of nitrogens with one attached hydrogen (secondary N) is 1. The van der Waals surface area contributed by atoms with Crippen molar-refractivity contribution in [2.45, 2.75) is 11.8 Å². The van der Waals surface area contributed by atoms with E-state index in [9.17, 15) is 9.59 Å². The van der Waals surface area contributed by atoms with Crippen LogP contribution in [0.15, 0.2) is 43.0 Å². The minimum atomic E-state index is -0.886. The number of methoxy groups -OCH3 is 1. The van der Waals surface area contributed by atoms with E-state index in [2.05, 4.69) is 25.4 Å². The van der Waals surface area contributed by atoms with Crippen LogP contribution in [0.3, 0.4) is 0 Å². The number of carbonyl (C=O) groups is 2. The monoisotopic (exact) mass is 367 g/mol. The molecule has 2 aromatic heterocycles. The first kappa shape index (κ1) is 16.9. The van der Waals surface area contributed by atoms with Gasteiger partial charge in [0.05, 0.1) is 7.11 Å². The first-order valence-electron chi connectivity index (χ1n) is 8.35. The summed E-state index contributed by atoms with van der Waals surface area (Å²) in [5.41, 5.74) is -0.0575. The SMILES string of the molecule is COC(=O)C1(c2ccccc2)CCN(C(=O)c2nc(-n3cnnc3)n[nH]2)C1. The molecule has 3 heterocycles. The quantitative estimate of drug-likeness (QED) is 0.661.